The first-order valence-corrected chi connectivity index (χ1v) is 7.42. The van der Waals surface area contributed by atoms with Crippen molar-refractivity contribution in [1.29, 1.82) is 0 Å². The number of carbonyl (C=O) groups excluding carboxylic acids is 1. The standard InChI is InChI=1S/C14H26N2O2/c1-2-18-13-8-5-9-16(11-13)14(17)10-15-12-6-3-4-7-12/h12-13,15H,2-11H2,1H3. The van der Waals surface area contributed by atoms with Gasteiger partial charge in [0.15, 0.2) is 0 Å². The van der Waals surface area contributed by atoms with Crippen molar-refractivity contribution in [2.45, 2.75) is 57.6 Å². The van der Waals surface area contributed by atoms with E-state index < -0.39 is 0 Å². The predicted molar refractivity (Wildman–Crippen MR) is 71.5 cm³/mol. The molecule has 4 nitrogen and oxygen atoms in total. The molecule has 2 aliphatic rings. The Hall–Kier alpha value is -0.610. The van der Waals surface area contributed by atoms with Crippen LogP contribution in [0.25, 0.3) is 0 Å². The van der Waals surface area contributed by atoms with Gasteiger partial charge in [0.05, 0.1) is 12.6 Å². The lowest BCUT2D eigenvalue weighted by molar-refractivity contribution is -0.134. The fourth-order valence-corrected chi connectivity index (χ4v) is 3.01. The van der Waals surface area contributed by atoms with E-state index >= 15 is 0 Å². The molecule has 1 amide bonds. The third-order valence-corrected chi connectivity index (χ3v) is 4.03. The number of amides is 1. The lowest BCUT2D eigenvalue weighted by atomic mass is 10.1. The van der Waals surface area contributed by atoms with Crippen LogP contribution >= 0.6 is 0 Å². The first kappa shape index (κ1) is 13.8. The van der Waals surface area contributed by atoms with Gasteiger partial charge in [-0.05, 0) is 32.6 Å². The average molecular weight is 254 g/mol. The summed E-state index contributed by atoms with van der Waals surface area (Å²) in [6.07, 6.45) is 7.49. The molecule has 0 spiro atoms. The molecule has 1 aliphatic carbocycles. The van der Waals surface area contributed by atoms with Crippen LogP contribution < -0.4 is 5.32 Å². The predicted octanol–water partition coefficient (Wildman–Crippen LogP) is 1.55. The number of piperidine rings is 1. The van der Waals surface area contributed by atoms with Crippen molar-refractivity contribution in [2.24, 2.45) is 0 Å². The maximum absolute atomic E-state index is 12.1. The summed E-state index contributed by atoms with van der Waals surface area (Å²) >= 11 is 0. The van der Waals surface area contributed by atoms with Crippen molar-refractivity contribution in [2.75, 3.05) is 26.2 Å². The molecule has 0 radical (unpaired) electrons. The zero-order chi connectivity index (χ0) is 12.8. The molecule has 0 aromatic heterocycles. The van der Waals surface area contributed by atoms with Gasteiger partial charge in [-0.25, -0.2) is 0 Å². The lowest BCUT2D eigenvalue weighted by Gasteiger charge is -2.32. The number of hydrogen-bond donors (Lipinski definition) is 1. The Morgan fingerprint density at radius 3 is 2.78 bits per heavy atom. The van der Waals surface area contributed by atoms with Gasteiger partial charge in [0.2, 0.25) is 5.91 Å². The maximum Gasteiger partial charge on any atom is 0.236 e. The third kappa shape index (κ3) is 3.95. The number of nitrogens with one attached hydrogen (secondary N) is 1. The van der Waals surface area contributed by atoms with Crippen LogP contribution in [0.4, 0.5) is 0 Å². The van der Waals surface area contributed by atoms with E-state index in [0.29, 0.717) is 12.6 Å². The number of hydrogen-bond acceptors (Lipinski definition) is 3. The van der Waals surface area contributed by atoms with Crippen LogP contribution in [0.15, 0.2) is 0 Å². The second-order valence-corrected chi connectivity index (χ2v) is 5.42. The summed E-state index contributed by atoms with van der Waals surface area (Å²) < 4.78 is 5.63. The molecule has 1 saturated carbocycles. The minimum Gasteiger partial charge on any atom is -0.377 e. The molecule has 2 rings (SSSR count). The Balaban J connectivity index is 1.70. The van der Waals surface area contributed by atoms with Crippen LogP contribution in [0, 0.1) is 0 Å². The van der Waals surface area contributed by atoms with Gasteiger partial charge in [-0.1, -0.05) is 12.8 Å². The van der Waals surface area contributed by atoms with Gasteiger partial charge in [-0.2, -0.15) is 0 Å². The zero-order valence-corrected chi connectivity index (χ0v) is 11.5. The number of nitrogens with zero attached hydrogens (tertiary/aromatic N) is 1. The Kier molecular flexibility index (Phi) is 5.45. The Morgan fingerprint density at radius 2 is 2.06 bits per heavy atom. The molecule has 2 fully saturated rings. The Labute approximate surface area is 110 Å². The summed E-state index contributed by atoms with van der Waals surface area (Å²) in [7, 11) is 0. The minimum atomic E-state index is 0.242. The number of carbonyl (C=O) groups is 1. The van der Waals surface area contributed by atoms with Crippen LogP contribution in [-0.4, -0.2) is 49.2 Å². The summed E-state index contributed by atoms with van der Waals surface area (Å²) in [6.45, 7) is 4.94. The van der Waals surface area contributed by atoms with Crippen molar-refractivity contribution in [3.05, 3.63) is 0 Å². The van der Waals surface area contributed by atoms with Crippen LogP contribution in [0.1, 0.15) is 45.4 Å². The molecule has 0 aromatic carbocycles. The van der Waals surface area contributed by atoms with E-state index in [1.165, 1.54) is 25.7 Å². The van der Waals surface area contributed by atoms with Gasteiger partial charge in [0, 0.05) is 25.7 Å². The van der Waals surface area contributed by atoms with E-state index in [1.807, 2.05) is 11.8 Å². The fourth-order valence-electron chi connectivity index (χ4n) is 3.01. The molecular formula is C14H26N2O2. The lowest BCUT2D eigenvalue weighted by Crippen LogP contribution is -2.47. The molecule has 1 saturated heterocycles. The van der Waals surface area contributed by atoms with Crippen LogP contribution in [0.2, 0.25) is 0 Å². The molecule has 1 aliphatic heterocycles. The average Bonchev–Trinajstić information content (AvgIpc) is 2.90. The fraction of sp³-hybridized carbons (Fsp3) is 0.929. The molecular weight excluding hydrogens is 228 g/mol. The summed E-state index contributed by atoms with van der Waals surface area (Å²) in [5.41, 5.74) is 0. The molecule has 4 heteroatoms. The number of likely N-dealkylation sites (tertiary alicyclic amines) is 1. The van der Waals surface area contributed by atoms with E-state index in [9.17, 15) is 4.79 Å². The highest BCUT2D eigenvalue weighted by atomic mass is 16.5. The van der Waals surface area contributed by atoms with Crippen molar-refractivity contribution >= 4 is 5.91 Å². The topological polar surface area (TPSA) is 41.6 Å². The summed E-state index contributed by atoms with van der Waals surface area (Å²) in [6, 6.07) is 0.571. The monoisotopic (exact) mass is 254 g/mol. The number of ether oxygens (including phenoxy) is 1. The Bertz CT molecular complexity index is 263. The maximum atomic E-state index is 12.1. The molecule has 1 heterocycles. The van der Waals surface area contributed by atoms with E-state index in [2.05, 4.69) is 5.32 Å². The van der Waals surface area contributed by atoms with Gasteiger partial charge in [-0.15, -0.1) is 0 Å². The summed E-state index contributed by atoms with van der Waals surface area (Å²) in [4.78, 5) is 14.1. The van der Waals surface area contributed by atoms with E-state index in [4.69, 9.17) is 4.74 Å². The Morgan fingerprint density at radius 1 is 1.28 bits per heavy atom. The molecule has 1 unspecified atom stereocenters. The van der Waals surface area contributed by atoms with Crippen molar-refractivity contribution < 1.29 is 9.53 Å². The first-order chi connectivity index (χ1) is 8.79. The van der Waals surface area contributed by atoms with Crippen LogP contribution in [-0.2, 0) is 9.53 Å². The molecule has 1 atom stereocenters. The minimum absolute atomic E-state index is 0.242. The summed E-state index contributed by atoms with van der Waals surface area (Å²) in [5.74, 6) is 0.242. The number of rotatable bonds is 5. The van der Waals surface area contributed by atoms with Crippen molar-refractivity contribution in [3.63, 3.8) is 0 Å². The van der Waals surface area contributed by atoms with Crippen LogP contribution in [0.5, 0.6) is 0 Å². The van der Waals surface area contributed by atoms with E-state index in [-0.39, 0.29) is 12.0 Å². The largest absolute Gasteiger partial charge is 0.377 e. The zero-order valence-electron chi connectivity index (χ0n) is 11.5. The second-order valence-electron chi connectivity index (χ2n) is 5.42. The SMILES string of the molecule is CCOC1CCCN(C(=O)CNC2CCCC2)C1. The highest BCUT2D eigenvalue weighted by Crippen LogP contribution is 2.18. The van der Waals surface area contributed by atoms with E-state index in [0.717, 1.165) is 32.5 Å². The second kappa shape index (κ2) is 7.10. The van der Waals surface area contributed by atoms with Crippen LogP contribution in [0.3, 0.4) is 0 Å². The normalized spacial score (nSPS) is 25.6. The highest BCUT2D eigenvalue weighted by Gasteiger charge is 2.24. The summed E-state index contributed by atoms with van der Waals surface area (Å²) in [5, 5.41) is 3.39. The van der Waals surface area contributed by atoms with Gasteiger partial charge >= 0.3 is 0 Å². The van der Waals surface area contributed by atoms with Gasteiger partial charge in [0.25, 0.3) is 0 Å². The van der Waals surface area contributed by atoms with E-state index in [1.54, 1.807) is 0 Å². The molecule has 18 heavy (non-hydrogen) atoms. The third-order valence-electron chi connectivity index (χ3n) is 4.03. The van der Waals surface area contributed by atoms with Gasteiger partial charge < -0.3 is 15.0 Å². The highest BCUT2D eigenvalue weighted by molar-refractivity contribution is 5.78. The quantitative estimate of drug-likeness (QED) is 0.809. The van der Waals surface area contributed by atoms with Gasteiger partial charge in [-0.3, -0.25) is 4.79 Å². The smallest absolute Gasteiger partial charge is 0.236 e. The molecule has 104 valence electrons. The molecule has 1 N–H and O–H groups in total. The molecule has 0 bridgehead atoms. The first-order valence-electron chi connectivity index (χ1n) is 7.42. The van der Waals surface area contributed by atoms with Crippen molar-refractivity contribution in [3.8, 4) is 0 Å². The van der Waals surface area contributed by atoms with Crippen molar-refractivity contribution in [1.82, 2.24) is 10.2 Å². The van der Waals surface area contributed by atoms with Gasteiger partial charge in [0.1, 0.15) is 0 Å². The molecule has 0 aromatic rings.